The van der Waals surface area contributed by atoms with Crippen LogP contribution in [0, 0.1) is 11.7 Å². The number of fused-ring (bicyclic) bond motifs is 1. The van der Waals surface area contributed by atoms with Gasteiger partial charge in [-0.3, -0.25) is 9.59 Å². The zero-order valence-corrected chi connectivity index (χ0v) is 14.5. The molecule has 1 fully saturated rings. The fourth-order valence-corrected chi connectivity index (χ4v) is 3.91. The summed E-state index contributed by atoms with van der Waals surface area (Å²) in [6.45, 7) is 0.700. The van der Waals surface area contributed by atoms with Gasteiger partial charge in [0.15, 0.2) is 0 Å². The summed E-state index contributed by atoms with van der Waals surface area (Å²) >= 11 is 0. The molecule has 0 radical (unpaired) electrons. The van der Waals surface area contributed by atoms with Gasteiger partial charge in [-0.1, -0.05) is 25.0 Å². The van der Waals surface area contributed by atoms with Crippen molar-refractivity contribution in [2.24, 2.45) is 5.92 Å². The molecule has 2 aromatic rings. The number of hydrogen-bond donors (Lipinski definition) is 1. The van der Waals surface area contributed by atoms with Crippen molar-refractivity contribution in [1.82, 2.24) is 0 Å². The first-order valence-electron chi connectivity index (χ1n) is 9.13. The zero-order chi connectivity index (χ0) is 18.1. The minimum atomic E-state index is -0.445. The number of hydrogen-bond acceptors (Lipinski definition) is 2. The van der Waals surface area contributed by atoms with E-state index in [1.807, 2.05) is 23.1 Å². The van der Waals surface area contributed by atoms with Crippen molar-refractivity contribution in [3.8, 4) is 0 Å². The van der Waals surface area contributed by atoms with E-state index in [9.17, 15) is 14.0 Å². The van der Waals surface area contributed by atoms with Crippen molar-refractivity contribution in [2.75, 3.05) is 16.8 Å². The molecular formula is C21H21FN2O2. The Morgan fingerprint density at radius 3 is 2.65 bits per heavy atom. The molecule has 1 N–H and O–H groups in total. The lowest BCUT2D eigenvalue weighted by atomic mass is 10.1. The monoisotopic (exact) mass is 352 g/mol. The second-order valence-corrected chi connectivity index (χ2v) is 7.03. The highest BCUT2D eigenvalue weighted by Gasteiger charge is 2.32. The molecular weight excluding hydrogens is 331 g/mol. The van der Waals surface area contributed by atoms with Crippen molar-refractivity contribution in [3.63, 3.8) is 0 Å². The third kappa shape index (κ3) is 3.21. The summed E-state index contributed by atoms with van der Waals surface area (Å²) in [5.74, 6) is -0.475. The second-order valence-electron chi connectivity index (χ2n) is 7.03. The summed E-state index contributed by atoms with van der Waals surface area (Å²) in [6.07, 6.45) is 5.04. The van der Waals surface area contributed by atoms with Crippen LogP contribution in [-0.2, 0) is 11.2 Å². The van der Waals surface area contributed by atoms with Gasteiger partial charge in [-0.05, 0) is 55.2 Å². The van der Waals surface area contributed by atoms with Crippen LogP contribution in [0.4, 0.5) is 15.8 Å². The molecule has 5 heteroatoms. The summed E-state index contributed by atoms with van der Waals surface area (Å²) in [5.41, 5.74) is 2.90. The second kappa shape index (κ2) is 6.90. The van der Waals surface area contributed by atoms with E-state index in [-0.39, 0.29) is 23.3 Å². The smallest absolute Gasteiger partial charge is 0.255 e. The van der Waals surface area contributed by atoms with Crippen LogP contribution >= 0.6 is 0 Å². The van der Waals surface area contributed by atoms with Gasteiger partial charge in [0.25, 0.3) is 5.91 Å². The van der Waals surface area contributed by atoms with Gasteiger partial charge in [-0.15, -0.1) is 0 Å². The molecule has 4 nitrogen and oxygen atoms in total. The maximum absolute atomic E-state index is 13.3. The largest absolute Gasteiger partial charge is 0.322 e. The van der Waals surface area contributed by atoms with Crippen molar-refractivity contribution >= 4 is 23.2 Å². The molecule has 2 aromatic carbocycles. The zero-order valence-electron chi connectivity index (χ0n) is 14.5. The molecule has 4 rings (SSSR count). The number of halogens is 1. The van der Waals surface area contributed by atoms with Crippen LogP contribution < -0.4 is 10.2 Å². The standard InChI is InChI=1S/C21H21FN2O2/c22-17-7-3-6-16(12-17)20(25)23-18-9-8-14-10-11-24(19(14)13-18)21(26)15-4-1-2-5-15/h3,6-9,12-13,15H,1-2,4-5,10-11H2,(H,23,25). The van der Waals surface area contributed by atoms with Crippen LogP contribution in [0.2, 0.25) is 0 Å². The van der Waals surface area contributed by atoms with Crippen molar-refractivity contribution in [3.05, 3.63) is 59.4 Å². The average molecular weight is 352 g/mol. The van der Waals surface area contributed by atoms with E-state index in [1.165, 1.54) is 18.2 Å². The van der Waals surface area contributed by atoms with Gasteiger partial charge in [-0.25, -0.2) is 4.39 Å². The predicted molar refractivity (Wildman–Crippen MR) is 98.8 cm³/mol. The van der Waals surface area contributed by atoms with Gasteiger partial charge in [0.1, 0.15) is 5.82 Å². The van der Waals surface area contributed by atoms with Gasteiger partial charge in [0.05, 0.1) is 0 Å². The first-order chi connectivity index (χ1) is 12.6. The van der Waals surface area contributed by atoms with Crippen LogP contribution in [0.15, 0.2) is 42.5 Å². The van der Waals surface area contributed by atoms with E-state index >= 15 is 0 Å². The fraction of sp³-hybridized carbons (Fsp3) is 0.333. The molecule has 2 amide bonds. The molecule has 134 valence electrons. The molecule has 0 saturated heterocycles. The van der Waals surface area contributed by atoms with Crippen LogP contribution in [0.25, 0.3) is 0 Å². The van der Waals surface area contributed by atoms with Crippen LogP contribution in [0.1, 0.15) is 41.6 Å². The minimum absolute atomic E-state index is 0.131. The van der Waals surface area contributed by atoms with E-state index in [2.05, 4.69) is 5.32 Å². The highest BCUT2D eigenvalue weighted by atomic mass is 19.1. The Morgan fingerprint density at radius 2 is 1.88 bits per heavy atom. The summed E-state index contributed by atoms with van der Waals surface area (Å²) in [6, 6.07) is 11.2. The molecule has 1 aliphatic heterocycles. The lowest BCUT2D eigenvalue weighted by Gasteiger charge is -2.21. The molecule has 1 aliphatic carbocycles. The van der Waals surface area contributed by atoms with Crippen molar-refractivity contribution in [2.45, 2.75) is 32.1 Å². The van der Waals surface area contributed by atoms with E-state index in [0.717, 1.165) is 43.4 Å². The SMILES string of the molecule is O=C(Nc1ccc2c(c1)N(C(=O)C1CCCC1)CC2)c1cccc(F)c1. The molecule has 0 aromatic heterocycles. The highest BCUT2D eigenvalue weighted by molar-refractivity contribution is 6.05. The number of carbonyl (C=O) groups excluding carboxylic acids is 2. The highest BCUT2D eigenvalue weighted by Crippen LogP contribution is 2.35. The number of rotatable bonds is 3. The summed E-state index contributed by atoms with van der Waals surface area (Å²) < 4.78 is 13.3. The molecule has 2 aliphatic rings. The van der Waals surface area contributed by atoms with Gasteiger partial charge in [0, 0.05) is 29.4 Å². The number of nitrogens with zero attached hydrogens (tertiary/aromatic N) is 1. The molecule has 0 spiro atoms. The Balaban J connectivity index is 1.54. The number of carbonyl (C=O) groups is 2. The van der Waals surface area contributed by atoms with Gasteiger partial charge >= 0.3 is 0 Å². The van der Waals surface area contributed by atoms with E-state index in [0.29, 0.717) is 12.2 Å². The van der Waals surface area contributed by atoms with Crippen LogP contribution in [0.5, 0.6) is 0 Å². The van der Waals surface area contributed by atoms with E-state index < -0.39 is 5.82 Å². The molecule has 1 heterocycles. The fourth-order valence-electron chi connectivity index (χ4n) is 3.91. The van der Waals surface area contributed by atoms with Gasteiger partial charge < -0.3 is 10.2 Å². The Morgan fingerprint density at radius 1 is 1.08 bits per heavy atom. The minimum Gasteiger partial charge on any atom is -0.322 e. The maximum atomic E-state index is 13.3. The quantitative estimate of drug-likeness (QED) is 0.902. The van der Waals surface area contributed by atoms with Crippen molar-refractivity contribution in [1.29, 1.82) is 0 Å². The first kappa shape index (κ1) is 16.8. The number of amides is 2. The number of anilines is 2. The summed E-state index contributed by atoms with van der Waals surface area (Å²) in [5, 5.41) is 2.80. The molecule has 0 unspecified atom stereocenters. The lowest BCUT2D eigenvalue weighted by Crippen LogP contribution is -2.33. The lowest BCUT2D eigenvalue weighted by molar-refractivity contribution is -0.122. The van der Waals surface area contributed by atoms with E-state index in [4.69, 9.17) is 0 Å². The van der Waals surface area contributed by atoms with Crippen molar-refractivity contribution < 1.29 is 14.0 Å². The maximum Gasteiger partial charge on any atom is 0.255 e. The number of benzene rings is 2. The third-order valence-electron chi connectivity index (χ3n) is 5.30. The Kier molecular flexibility index (Phi) is 4.45. The molecule has 0 bridgehead atoms. The molecule has 0 atom stereocenters. The predicted octanol–water partition coefficient (Wildman–Crippen LogP) is 4.16. The Labute approximate surface area is 152 Å². The third-order valence-corrected chi connectivity index (χ3v) is 5.30. The molecule has 26 heavy (non-hydrogen) atoms. The normalized spacial score (nSPS) is 16.6. The molecule has 1 saturated carbocycles. The van der Waals surface area contributed by atoms with Crippen LogP contribution in [0.3, 0.4) is 0 Å². The van der Waals surface area contributed by atoms with Gasteiger partial charge in [0.2, 0.25) is 5.91 Å². The number of nitrogens with one attached hydrogen (secondary N) is 1. The summed E-state index contributed by atoms with van der Waals surface area (Å²) in [4.78, 5) is 27.0. The Bertz CT molecular complexity index is 859. The van der Waals surface area contributed by atoms with E-state index in [1.54, 1.807) is 6.07 Å². The van der Waals surface area contributed by atoms with Crippen LogP contribution in [-0.4, -0.2) is 18.4 Å². The topological polar surface area (TPSA) is 49.4 Å². The Hall–Kier alpha value is -2.69. The van der Waals surface area contributed by atoms with Gasteiger partial charge in [-0.2, -0.15) is 0 Å². The first-order valence-corrected chi connectivity index (χ1v) is 9.13. The average Bonchev–Trinajstić information content (AvgIpc) is 3.31. The summed E-state index contributed by atoms with van der Waals surface area (Å²) in [7, 11) is 0.